The fraction of sp³-hybridized carbons (Fsp3) is 0.240. The van der Waals surface area contributed by atoms with Crippen molar-refractivity contribution >= 4 is 17.1 Å². The highest BCUT2D eigenvalue weighted by molar-refractivity contribution is 5.78. The van der Waals surface area contributed by atoms with E-state index >= 15 is 0 Å². The molecule has 1 N–H and O–H groups in total. The topological polar surface area (TPSA) is 69.0 Å². The van der Waals surface area contributed by atoms with Crippen molar-refractivity contribution in [2.24, 2.45) is 0 Å². The molecule has 1 amide bonds. The van der Waals surface area contributed by atoms with Gasteiger partial charge in [0.05, 0.1) is 13.5 Å². The minimum Gasteiger partial charge on any atom is -0.497 e. The number of ether oxygens (including phenoxy) is 1. The molecule has 0 aliphatic heterocycles. The number of nitrogens with zero attached hydrogens (tertiary/aromatic N) is 3. The molecular formula is C25H26N4O2. The Morgan fingerprint density at radius 2 is 1.84 bits per heavy atom. The van der Waals surface area contributed by atoms with Gasteiger partial charge in [0.15, 0.2) is 5.65 Å². The summed E-state index contributed by atoms with van der Waals surface area (Å²) in [7, 11) is 1.62. The van der Waals surface area contributed by atoms with E-state index < -0.39 is 0 Å². The molecule has 2 aromatic heterocycles. The maximum absolute atomic E-state index is 12.4. The molecule has 0 radical (unpaired) electrons. The Balaban J connectivity index is 1.40. The van der Waals surface area contributed by atoms with Crippen LogP contribution in [-0.2, 0) is 30.6 Å². The van der Waals surface area contributed by atoms with E-state index in [9.17, 15) is 4.79 Å². The second-order valence-electron chi connectivity index (χ2n) is 7.39. The van der Waals surface area contributed by atoms with Gasteiger partial charge in [-0.3, -0.25) is 4.79 Å². The number of nitrogens with one attached hydrogen (secondary N) is 1. The Morgan fingerprint density at radius 1 is 1.00 bits per heavy atom. The van der Waals surface area contributed by atoms with Gasteiger partial charge in [-0.1, -0.05) is 42.5 Å². The van der Waals surface area contributed by atoms with Crippen molar-refractivity contribution in [3.63, 3.8) is 0 Å². The zero-order chi connectivity index (χ0) is 21.5. The number of aromatic nitrogens is 3. The van der Waals surface area contributed by atoms with Gasteiger partial charge in [0.1, 0.15) is 17.1 Å². The second kappa shape index (κ2) is 9.89. The van der Waals surface area contributed by atoms with Crippen LogP contribution in [0.4, 0.5) is 0 Å². The minimum atomic E-state index is -0.0172. The molecule has 0 bridgehead atoms. The summed E-state index contributed by atoms with van der Waals surface area (Å²) in [5, 5.41) is 3.02. The largest absolute Gasteiger partial charge is 0.497 e. The van der Waals surface area contributed by atoms with Crippen LogP contribution >= 0.6 is 0 Å². The number of aryl methyl sites for hydroxylation is 2. The zero-order valence-electron chi connectivity index (χ0n) is 17.6. The average molecular weight is 415 g/mol. The molecule has 2 heterocycles. The number of hydrogen-bond acceptors (Lipinski definition) is 4. The summed E-state index contributed by atoms with van der Waals surface area (Å²) in [5.74, 6) is 1.72. The first kappa shape index (κ1) is 20.6. The molecule has 0 aliphatic carbocycles. The fourth-order valence-electron chi connectivity index (χ4n) is 3.67. The van der Waals surface area contributed by atoms with Crippen LogP contribution in [0.2, 0.25) is 0 Å². The smallest absolute Gasteiger partial charge is 0.224 e. The second-order valence-corrected chi connectivity index (χ2v) is 7.39. The number of hydrogen-bond donors (Lipinski definition) is 1. The highest BCUT2D eigenvalue weighted by Crippen LogP contribution is 2.16. The molecule has 4 aromatic rings. The number of pyridine rings is 1. The standard InChI is InChI=1S/C25H26N4O2/c1-31-21-10-5-9-20(17-21)18-24(30)26-15-16-29-23(13-12-19-7-3-2-4-8-19)28-22-11-6-14-27-25(22)29/h2-11,14,17H,12-13,15-16,18H2,1H3,(H,26,30). The Hall–Kier alpha value is -3.67. The Kier molecular flexibility index (Phi) is 6.57. The molecule has 6 heteroatoms. The summed E-state index contributed by atoms with van der Waals surface area (Å²) < 4.78 is 7.34. The van der Waals surface area contributed by atoms with Crippen LogP contribution in [0.5, 0.6) is 5.75 Å². The van der Waals surface area contributed by atoms with Crippen LogP contribution in [0, 0.1) is 0 Å². The number of carbonyl (C=O) groups is 1. The van der Waals surface area contributed by atoms with E-state index in [0.29, 0.717) is 19.5 Å². The van der Waals surface area contributed by atoms with Crippen LogP contribution < -0.4 is 10.1 Å². The van der Waals surface area contributed by atoms with E-state index in [1.807, 2.05) is 42.5 Å². The van der Waals surface area contributed by atoms with Gasteiger partial charge < -0.3 is 14.6 Å². The first-order valence-corrected chi connectivity index (χ1v) is 10.5. The van der Waals surface area contributed by atoms with E-state index in [-0.39, 0.29) is 5.91 Å². The van der Waals surface area contributed by atoms with E-state index in [0.717, 1.165) is 41.1 Å². The third-order valence-corrected chi connectivity index (χ3v) is 5.22. The molecule has 2 aromatic carbocycles. The van der Waals surface area contributed by atoms with Crippen LogP contribution in [0.3, 0.4) is 0 Å². The van der Waals surface area contributed by atoms with Crippen molar-refractivity contribution in [3.8, 4) is 5.75 Å². The molecule has 158 valence electrons. The highest BCUT2D eigenvalue weighted by Gasteiger charge is 2.12. The quantitative estimate of drug-likeness (QED) is 0.455. The zero-order valence-corrected chi connectivity index (χ0v) is 17.6. The van der Waals surface area contributed by atoms with Crippen LogP contribution in [-0.4, -0.2) is 34.1 Å². The lowest BCUT2D eigenvalue weighted by atomic mass is 10.1. The normalized spacial score (nSPS) is 10.9. The van der Waals surface area contributed by atoms with E-state index in [1.165, 1.54) is 5.56 Å². The van der Waals surface area contributed by atoms with Crippen molar-refractivity contribution in [2.75, 3.05) is 13.7 Å². The van der Waals surface area contributed by atoms with Gasteiger partial charge in [-0.15, -0.1) is 0 Å². The van der Waals surface area contributed by atoms with E-state index in [2.05, 4.69) is 39.1 Å². The van der Waals surface area contributed by atoms with Crippen molar-refractivity contribution in [3.05, 3.63) is 89.9 Å². The summed E-state index contributed by atoms with van der Waals surface area (Å²) in [6.07, 6.45) is 3.83. The number of amides is 1. The predicted octanol–water partition coefficient (Wildman–Crippen LogP) is 3.58. The van der Waals surface area contributed by atoms with Gasteiger partial charge >= 0.3 is 0 Å². The maximum Gasteiger partial charge on any atom is 0.224 e. The Bertz CT molecular complexity index is 1150. The Morgan fingerprint density at radius 3 is 2.68 bits per heavy atom. The summed E-state index contributed by atoms with van der Waals surface area (Å²) >= 11 is 0. The number of rotatable bonds is 9. The molecule has 31 heavy (non-hydrogen) atoms. The molecule has 0 aliphatic rings. The fourth-order valence-corrected chi connectivity index (χ4v) is 3.67. The van der Waals surface area contributed by atoms with Gasteiger partial charge in [0, 0.05) is 25.7 Å². The SMILES string of the molecule is COc1cccc(CC(=O)NCCn2c(CCc3ccccc3)nc3cccnc32)c1. The number of fused-ring (bicyclic) bond motifs is 1. The third kappa shape index (κ3) is 5.28. The molecule has 0 saturated heterocycles. The minimum absolute atomic E-state index is 0.0172. The lowest BCUT2D eigenvalue weighted by Crippen LogP contribution is -2.29. The summed E-state index contributed by atoms with van der Waals surface area (Å²) in [6, 6.07) is 21.8. The number of imidazole rings is 1. The summed E-state index contributed by atoms with van der Waals surface area (Å²) in [4.78, 5) is 21.7. The molecule has 0 fully saturated rings. The molecule has 6 nitrogen and oxygen atoms in total. The summed E-state index contributed by atoms with van der Waals surface area (Å²) in [5.41, 5.74) is 3.94. The monoisotopic (exact) mass is 414 g/mol. The number of methoxy groups -OCH3 is 1. The number of benzene rings is 2. The van der Waals surface area contributed by atoms with Gasteiger partial charge in [0.2, 0.25) is 5.91 Å². The van der Waals surface area contributed by atoms with Crippen molar-refractivity contribution in [1.82, 2.24) is 19.9 Å². The van der Waals surface area contributed by atoms with E-state index in [1.54, 1.807) is 13.3 Å². The average Bonchev–Trinajstić information content (AvgIpc) is 3.16. The molecule has 0 unspecified atom stereocenters. The lowest BCUT2D eigenvalue weighted by molar-refractivity contribution is -0.120. The molecule has 0 atom stereocenters. The predicted molar refractivity (Wildman–Crippen MR) is 121 cm³/mol. The van der Waals surface area contributed by atoms with Gasteiger partial charge in [-0.25, -0.2) is 9.97 Å². The van der Waals surface area contributed by atoms with Gasteiger partial charge in [0.25, 0.3) is 0 Å². The van der Waals surface area contributed by atoms with Crippen molar-refractivity contribution < 1.29 is 9.53 Å². The first-order chi connectivity index (χ1) is 15.2. The van der Waals surface area contributed by atoms with Gasteiger partial charge in [-0.2, -0.15) is 0 Å². The molecule has 0 saturated carbocycles. The summed E-state index contributed by atoms with van der Waals surface area (Å²) in [6.45, 7) is 1.14. The molecule has 0 spiro atoms. The van der Waals surface area contributed by atoms with Crippen molar-refractivity contribution in [1.29, 1.82) is 0 Å². The lowest BCUT2D eigenvalue weighted by Gasteiger charge is -2.10. The third-order valence-electron chi connectivity index (χ3n) is 5.22. The van der Waals surface area contributed by atoms with E-state index in [4.69, 9.17) is 9.72 Å². The van der Waals surface area contributed by atoms with Crippen LogP contribution in [0.25, 0.3) is 11.2 Å². The maximum atomic E-state index is 12.4. The van der Waals surface area contributed by atoms with Crippen LogP contribution in [0.15, 0.2) is 72.9 Å². The molecule has 4 rings (SSSR count). The molecular weight excluding hydrogens is 388 g/mol. The van der Waals surface area contributed by atoms with Crippen molar-refractivity contribution in [2.45, 2.75) is 25.8 Å². The first-order valence-electron chi connectivity index (χ1n) is 10.5. The number of carbonyl (C=O) groups excluding carboxylic acids is 1. The van der Waals surface area contributed by atoms with Crippen LogP contribution in [0.1, 0.15) is 17.0 Å². The van der Waals surface area contributed by atoms with Gasteiger partial charge in [-0.05, 0) is 41.8 Å². The Labute approximate surface area is 181 Å². The highest BCUT2D eigenvalue weighted by atomic mass is 16.5.